The molecule has 0 aliphatic carbocycles. The van der Waals surface area contributed by atoms with E-state index in [0.717, 1.165) is 6.07 Å². The van der Waals surface area contributed by atoms with Gasteiger partial charge in [0.2, 0.25) is 0 Å². The van der Waals surface area contributed by atoms with Crippen LogP contribution in [0.3, 0.4) is 0 Å². The lowest BCUT2D eigenvalue weighted by molar-refractivity contribution is -0.385. The van der Waals surface area contributed by atoms with Crippen LogP contribution in [0.15, 0.2) is 18.2 Å². The standard InChI is InChI=1S/C9H11N3O4/c10-4-7(11)6-2-1-5(9(13)14)3-8(6)12(15)16/h1-3,7H,4,10-11H2,(H,13,14)/t7-/m1/s1. The van der Waals surface area contributed by atoms with Crippen LogP contribution in [-0.2, 0) is 0 Å². The maximum Gasteiger partial charge on any atom is 0.335 e. The van der Waals surface area contributed by atoms with Crippen LogP contribution in [0.25, 0.3) is 0 Å². The molecular formula is C9H11N3O4. The number of nitro groups is 1. The van der Waals surface area contributed by atoms with Crippen molar-refractivity contribution in [2.24, 2.45) is 11.5 Å². The van der Waals surface area contributed by atoms with Crippen molar-refractivity contribution in [2.45, 2.75) is 6.04 Å². The van der Waals surface area contributed by atoms with Crippen molar-refractivity contribution in [3.05, 3.63) is 39.4 Å². The summed E-state index contributed by atoms with van der Waals surface area (Å²) in [5.74, 6) is -1.23. The van der Waals surface area contributed by atoms with Gasteiger partial charge in [0.05, 0.1) is 10.5 Å². The lowest BCUT2D eigenvalue weighted by Crippen LogP contribution is -2.22. The third kappa shape index (κ3) is 2.33. The summed E-state index contributed by atoms with van der Waals surface area (Å²) in [5, 5.41) is 19.4. The first kappa shape index (κ1) is 12.1. The van der Waals surface area contributed by atoms with Gasteiger partial charge < -0.3 is 16.6 Å². The minimum atomic E-state index is -1.23. The molecule has 0 saturated heterocycles. The van der Waals surface area contributed by atoms with E-state index < -0.39 is 16.9 Å². The second-order valence-corrected chi connectivity index (χ2v) is 3.18. The maximum atomic E-state index is 10.7. The molecule has 0 amide bonds. The van der Waals surface area contributed by atoms with Crippen molar-refractivity contribution in [3.8, 4) is 0 Å². The molecule has 0 bridgehead atoms. The molecule has 7 heteroatoms. The van der Waals surface area contributed by atoms with Gasteiger partial charge in [-0.15, -0.1) is 0 Å². The zero-order valence-electron chi connectivity index (χ0n) is 8.29. The summed E-state index contributed by atoms with van der Waals surface area (Å²) in [5.41, 5.74) is 10.6. The zero-order valence-corrected chi connectivity index (χ0v) is 8.29. The smallest absolute Gasteiger partial charge is 0.335 e. The number of carboxylic acids is 1. The second kappa shape index (κ2) is 4.69. The first-order valence-corrected chi connectivity index (χ1v) is 4.44. The average Bonchev–Trinajstić information content (AvgIpc) is 2.26. The summed E-state index contributed by atoms with van der Waals surface area (Å²) in [6.07, 6.45) is 0. The van der Waals surface area contributed by atoms with Crippen LogP contribution in [-0.4, -0.2) is 22.5 Å². The topological polar surface area (TPSA) is 132 Å². The molecule has 86 valence electrons. The van der Waals surface area contributed by atoms with Crippen molar-refractivity contribution in [1.29, 1.82) is 0 Å². The minimum Gasteiger partial charge on any atom is -0.478 e. The van der Waals surface area contributed by atoms with Crippen LogP contribution < -0.4 is 11.5 Å². The minimum absolute atomic E-state index is 0.0489. The van der Waals surface area contributed by atoms with Gasteiger partial charge in [0.1, 0.15) is 0 Å². The Morgan fingerprint density at radius 1 is 1.56 bits per heavy atom. The Bertz CT molecular complexity index is 433. The Morgan fingerprint density at radius 3 is 2.62 bits per heavy atom. The highest BCUT2D eigenvalue weighted by Gasteiger charge is 2.20. The summed E-state index contributed by atoms with van der Waals surface area (Å²) in [6, 6.07) is 2.88. The van der Waals surface area contributed by atoms with Crippen LogP contribution in [0, 0.1) is 10.1 Å². The highest BCUT2D eigenvalue weighted by molar-refractivity contribution is 5.88. The van der Waals surface area contributed by atoms with E-state index in [2.05, 4.69) is 0 Å². The third-order valence-electron chi connectivity index (χ3n) is 2.13. The average molecular weight is 225 g/mol. The molecule has 16 heavy (non-hydrogen) atoms. The van der Waals surface area contributed by atoms with Crippen LogP contribution in [0.1, 0.15) is 22.0 Å². The molecule has 0 unspecified atom stereocenters. The number of benzene rings is 1. The molecule has 0 fully saturated rings. The van der Waals surface area contributed by atoms with Gasteiger partial charge in [-0.1, -0.05) is 0 Å². The number of hydrogen-bond donors (Lipinski definition) is 3. The predicted octanol–water partition coefficient (Wildman–Crippen LogP) is 0.252. The largest absolute Gasteiger partial charge is 0.478 e. The fraction of sp³-hybridized carbons (Fsp3) is 0.222. The highest BCUT2D eigenvalue weighted by Crippen LogP contribution is 2.24. The Morgan fingerprint density at radius 2 is 2.19 bits per heavy atom. The van der Waals surface area contributed by atoms with Crippen LogP contribution in [0.2, 0.25) is 0 Å². The van der Waals surface area contributed by atoms with E-state index in [1.807, 2.05) is 0 Å². The normalized spacial score (nSPS) is 12.1. The molecule has 5 N–H and O–H groups in total. The van der Waals surface area contributed by atoms with Gasteiger partial charge in [-0.25, -0.2) is 4.79 Å². The molecule has 0 spiro atoms. The van der Waals surface area contributed by atoms with Gasteiger partial charge in [-0.3, -0.25) is 10.1 Å². The lowest BCUT2D eigenvalue weighted by atomic mass is 10.0. The Labute approximate surface area is 90.8 Å². The number of rotatable bonds is 4. The SMILES string of the molecule is NC[C@@H](N)c1ccc(C(=O)O)cc1[N+](=O)[O-]. The molecule has 1 atom stereocenters. The molecule has 0 aromatic heterocycles. The Hall–Kier alpha value is -1.99. The fourth-order valence-corrected chi connectivity index (χ4v) is 1.28. The first-order chi connectivity index (χ1) is 7.47. The number of nitrogens with zero attached hydrogens (tertiary/aromatic N) is 1. The fourth-order valence-electron chi connectivity index (χ4n) is 1.28. The first-order valence-electron chi connectivity index (χ1n) is 4.44. The summed E-state index contributed by atoms with van der Waals surface area (Å²) in [7, 11) is 0. The van der Waals surface area contributed by atoms with E-state index in [9.17, 15) is 14.9 Å². The van der Waals surface area contributed by atoms with Gasteiger partial charge in [0.25, 0.3) is 5.69 Å². The molecule has 1 rings (SSSR count). The second-order valence-electron chi connectivity index (χ2n) is 3.18. The molecule has 0 heterocycles. The van der Waals surface area contributed by atoms with E-state index in [1.165, 1.54) is 12.1 Å². The zero-order chi connectivity index (χ0) is 12.3. The molecule has 0 radical (unpaired) electrons. The van der Waals surface area contributed by atoms with Crippen LogP contribution >= 0.6 is 0 Å². The molecule has 0 aliphatic rings. The van der Waals surface area contributed by atoms with Gasteiger partial charge in [-0.2, -0.15) is 0 Å². The molecule has 0 aliphatic heterocycles. The van der Waals surface area contributed by atoms with E-state index in [1.54, 1.807) is 0 Å². The molecule has 1 aromatic rings. The van der Waals surface area contributed by atoms with Crippen molar-refractivity contribution in [1.82, 2.24) is 0 Å². The number of aromatic carboxylic acids is 1. The third-order valence-corrected chi connectivity index (χ3v) is 2.13. The van der Waals surface area contributed by atoms with E-state index in [-0.39, 0.29) is 23.4 Å². The monoisotopic (exact) mass is 225 g/mol. The molecule has 0 saturated carbocycles. The summed E-state index contributed by atoms with van der Waals surface area (Å²) < 4.78 is 0. The van der Waals surface area contributed by atoms with Crippen LogP contribution in [0.4, 0.5) is 5.69 Å². The number of carboxylic acid groups (broad SMARTS) is 1. The van der Waals surface area contributed by atoms with E-state index >= 15 is 0 Å². The summed E-state index contributed by atoms with van der Waals surface area (Å²) in [6.45, 7) is 0.0489. The predicted molar refractivity (Wildman–Crippen MR) is 56.0 cm³/mol. The van der Waals surface area contributed by atoms with Crippen molar-refractivity contribution in [2.75, 3.05) is 6.54 Å². The Kier molecular flexibility index (Phi) is 3.54. The van der Waals surface area contributed by atoms with Gasteiger partial charge in [0.15, 0.2) is 0 Å². The lowest BCUT2D eigenvalue weighted by Gasteiger charge is -2.09. The van der Waals surface area contributed by atoms with Gasteiger partial charge in [-0.05, 0) is 12.1 Å². The van der Waals surface area contributed by atoms with Crippen molar-refractivity contribution < 1.29 is 14.8 Å². The van der Waals surface area contributed by atoms with E-state index in [4.69, 9.17) is 16.6 Å². The summed E-state index contributed by atoms with van der Waals surface area (Å²) in [4.78, 5) is 20.7. The molecule has 7 nitrogen and oxygen atoms in total. The number of carbonyl (C=O) groups is 1. The quantitative estimate of drug-likeness (QED) is 0.497. The molecular weight excluding hydrogens is 214 g/mol. The number of hydrogen-bond acceptors (Lipinski definition) is 5. The molecule has 1 aromatic carbocycles. The number of nitrogens with two attached hydrogens (primary N) is 2. The Balaban J connectivity index is 3.30. The highest BCUT2D eigenvalue weighted by atomic mass is 16.6. The maximum absolute atomic E-state index is 10.7. The number of nitro benzene ring substituents is 1. The van der Waals surface area contributed by atoms with Crippen LogP contribution in [0.5, 0.6) is 0 Å². The van der Waals surface area contributed by atoms with Crippen molar-refractivity contribution >= 4 is 11.7 Å². The van der Waals surface area contributed by atoms with Gasteiger partial charge >= 0.3 is 5.97 Å². The van der Waals surface area contributed by atoms with E-state index in [0.29, 0.717) is 0 Å². The van der Waals surface area contributed by atoms with Crippen molar-refractivity contribution in [3.63, 3.8) is 0 Å². The summed E-state index contributed by atoms with van der Waals surface area (Å²) >= 11 is 0. The van der Waals surface area contributed by atoms with Gasteiger partial charge in [0, 0.05) is 24.2 Å².